The Balaban J connectivity index is 1.33. The number of likely N-dealkylation sites (tertiary alicyclic amines) is 1. The van der Waals surface area contributed by atoms with E-state index in [-0.39, 0.29) is 24.0 Å². The normalized spacial score (nSPS) is 26.3. The Kier molecular flexibility index (Phi) is 4.71. The molecule has 5 rings (SSSR count). The molecule has 0 bridgehead atoms. The van der Waals surface area contributed by atoms with Gasteiger partial charge in [-0.05, 0) is 49.6 Å². The van der Waals surface area contributed by atoms with Gasteiger partial charge >= 0.3 is 0 Å². The van der Waals surface area contributed by atoms with Crippen LogP contribution >= 0.6 is 0 Å². The van der Waals surface area contributed by atoms with Gasteiger partial charge in [0.1, 0.15) is 11.7 Å². The highest BCUT2D eigenvalue weighted by atomic mass is 19.1. The number of hydrogen-bond donors (Lipinski definition) is 1. The Bertz CT molecular complexity index is 956. The molecule has 1 unspecified atom stereocenters. The predicted molar refractivity (Wildman–Crippen MR) is 108 cm³/mol. The number of imide groups is 2. The molecule has 1 aromatic carbocycles. The zero-order valence-electron chi connectivity index (χ0n) is 17.4. The van der Waals surface area contributed by atoms with E-state index in [2.05, 4.69) is 10.2 Å². The Morgan fingerprint density at radius 3 is 2.16 bits per heavy atom. The molecule has 1 aromatic rings. The van der Waals surface area contributed by atoms with Crippen molar-refractivity contribution in [1.82, 2.24) is 20.0 Å². The summed E-state index contributed by atoms with van der Waals surface area (Å²) < 4.78 is 15.3. The Hall–Kier alpha value is -2.65. The second-order valence-corrected chi connectivity index (χ2v) is 9.21. The van der Waals surface area contributed by atoms with Crippen LogP contribution in [0.4, 0.5) is 4.39 Å². The van der Waals surface area contributed by atoms with E-state index >= 15 is 4.39 Å². The van der Waals surface area contributed by atoms with E-state index in [4.69, 9.17) is 0 Å². The fourth-order valence-electron chi connectivity index (χ4n) is 5.13. The first-order chi connectivity index (χ1) is 14.7. The molecule has 0 radical (unpaired) electrons. The van der Waals surface area contributed by atoms with Gasteiger partial charge in [-0.3, -0.25) is 34.3 Å². The zero-order chi connectivity index (χ0) is 21.9. The summed E-state index contributed by atoms with van der Waals surface area (Å²) in [4.78, 5) is 54.7. The number of piperidine rings is 2. The van der Waals surface area contributed by atoms with Crippen molar-refractivity contribution in [2.45, 2.75) is 50.5 Å². The van der Waals surface area contributed by atoms with Gasteiger partial charge in [0.2, 0.25) is 11.8 Å². The summed E-state index contributed by atoms with van der Waals surface area (Å²) in [5.41, 5.74) is 1.18. The molecule has 0 spiro atoms. The summed E-state index contributed by atoms with van der Waals surface area (Å²) in [6.45, 7) is 2.88. The number of carbonyl (C=O) groups is 4. The van der Waals surface area contributed by atoms with Crippen LogP contribution in [0, 0.1) is 0 Å². The molecule has 2 saturated heterocycles. The standard InChI is InChI=1S/C22H25FN4O4/c1-25-6-4-22(23,5-7-25)12-26-10-13-8-15-16(9-14(13)11-26)21(31)27(20(15)30)17-2-3-18(28)24-19(17)29/h8-9,17H,2-7,10-12H2,1H3,(H,24,28,29). The molecule has 4 aliphatic heterocycles. The minimum Gasteiger partial charge on any atom is -0.306 e. The molecule has 164 valence electrons. The molecular formula is C22H25FN4O4. The number of rotatable bonds is 3. The van der Waals surface area contributed by atoms with Crippen LogP contribution in [0.2, 0.25) is 0 Å². The van der Waals surface area contributed by atoms with E-state index in [1.54, 1.807) is 12.1 Å². The quantitative estimate of drug-likeness (QED) is 0.718. The predicted octanol–water partition coefficient (Wildman–Crippen LogP) is 0.837. The van der Waals surface area contributed by atoms with Crippen LogP contribution in [0.1, 0.15) is 57.5 Å². The summed E-state index contributed by atoms with van der Waals surface area (Å²) in [7, 11) is 2.00. The first-order valence-electron chi connectivity index (χ1n) is 10.7. The minimum absolute atomic E-state index is 0.0933. The third-order valence-electron chi connectivity index (χ3n) is 6.94. The second-order valence-electron chi connectivity index (χ2n) is 9.21. The van der Waals surface area contributed by atoms with Crippen molar-refractivity contribution in [2.75, 3.05) is 26.7 Å². The van der Waals surface area contributed by atoms with Gasteiger partial charge in [0.25, 0.3) is 11.8 Å². The SMILES string of the molecule is CN1CCC(F)(CN2Cc3cc4c(cc3C2)C(=O)N(C2CCC(=O)NC2=O)C4=O)CC1. The molecule has 1 N–H and O–H groups in total. The van der Waals surface area contributed by atoms with E-state index < -0.39 is 35.3 Å². The topological polar surface area (TPSA) is 90.0 Å². The van der Waals surface area contributed by atoms with E-state index in [9.17, 15) is 19.2 Å². The molecular weight excluding hydrogens is 403 g/mol. The molecule has 0 aliphatic carbocycles. The number of amides is 4. The Labute approximate surface area is 179 Å². The van der Waals surface area contributed by atoms with Crippen LogP contribution in [0.3, 0.4) is 0 Å². The van der Waals surface area contributed by atoms with Gasteiger partial charge in [-0.2, -0.15) is 0 Å². The number of hydrogen-bond acceptors (Lipinski definition) is 6. The summed E-state index contributed by atoms with van der Waals surface area (Å²) in [6, 6.07) is 2.47. The maximum atomic E-state index is 15.3. The van der Waals surface area contributed by atoms with Gasteiger partial charge < -0.3 is 4.90 Å². The van der Waals surface area contributed by atoms with Crippen molar-refractivity contribution < 1.29 is 23.6 Å². The number of benzene rings is 1. The summed E-state index contributed by atoms with van der Waals surface area (Å²) in [6.07, 6.45) is 1.24. The highest BCUT2D eigenvalue weighted by Gasteiger charge is 2.45. The minimum atomic E-state index is -1.22. The van der Waals surface area contributed by atoms with Gasteiger partial charge in [0, 0.05) is 39.1 Å². The summed E-state index contributed by atoms with van der Waals surface area (Å²) in [5.74, 6) is -2.02. The van der Waals surface area contributed by atoms with Gasteiger partial charge in [0.05, 0.1) is 11.1 Å². The highest BCUT2D eigenvalue weighted by molar-refractivity contribution is 6.23. The number of fused-ring (bicyclic) bond motifs is 2. The average molecular weight is 428 g/mol. The zero-order valence-corrected chi connectivity index (χ0v) is 17.4. The van der Waals surface area contributed by atoms with Crippen molar-refractivity contribution in [3.05, 3.63) is 34.4 Å². The first kappa shape index (κ1) is 20.3. The van der Waals surface area contributed by atoms with E-state index in [1.165, 1.54) is 0 Å². The van der Waals surface area contributed by atoms with E-state index in [0.29, 0.717) is 32.5 Å². The lowest BCUT2D eigenvalue weighted by molar-refractivity contribution is -0.136. The monoisotopic (exact) mass is 428 g/mol. The van der Waals surface area contributed by atoms with Crippen LogP contribution < -0.4 is 5.32 Å². The lowest BCUT2D eigenvalue weighted by atomic mass is 9.93. The third kappa shape index (κ3) is 3.45. The smallest absolute Gasteiger partial charge is 0.262 e. The van der Waals surface area contributed by atoms with Crippen LogP contribution in [0.25, 0.3) is 0 Å². The number of carbonyl (C=O) groups excluding carboxylic acids is 4. The Morgan fingerprint density at radius 1 is 1.03 bits per heavy atom. The molecule has 8 nitrogen and oxygen atoms in total. The molecule has 31 heavy (non-hydrogen) atoms. The lowest BCUT2D eigenvalue weighted by Gasteiger charge is -2.36. The summed E-state index contributed by atoms with van der Waals surface area (Å²) >= 11 is 0. The third-order valence-corrected chi connectivity index (χ3v) is 6.94. The van der Waals surface area contributed by atoms with Crippen molar-refractivity contribution in [3.63, 3.8) is 0 Å². The molecule has 4 heterocycles. The Morgan fingerprint density at radius 2 is 1.61 bits per heavy atom. The fourth-order valence-corrected chi connectivity index (χ4v) is 5.13. The molecule has 1 atom stereocenters. The van der Waals surface area contributed by atoms with Crippen LogP contribution in [-0.4, -0.2) is 76.7 Å². The van der Waals surface area contributed by atoms with Gasteiger partial charge in [-0.25, -0.2) is 4.39 Å². The van der Waals surface area contributed by atoms with Gasteiger partial charge in [-0.15, -0.1) is 0 Å². The molecule has 0 saturated carbocycles. The molecule has 9 heteroatoms. The molecule has 0 aromatic heterocycles. The molecule has 2 fully saturated rings. The van der Waals surface area contributed by atoms with Crippen LogP contribution in [0.5, 0.6) is 0 Å². The average Bonchev–Trinajstić information content (AvgIpc) is 3.21. The molecule has 4 aliphatic rings. The highest BCUT2D eigenvalue weighted by Crippen LogP contribution is 2.35. The van der Waals surface area contributed by atoms with Crippen molar-refractivity contribution in [3.8, 4) is 0 Å². The maximum Gasteiger partial charge on any atom is 0.262 e. The van der Waals surface area contributed by atoms with Crippen molar-refractivity contribution >= 4 is 23.6 Å². The van der Waals surface area contributed by atoms with Crippen LogP contribution in [-0.2, 0) is 22.7 Å². The van der Waals surface area contributed by atoms with Gasteiger partial charge in [0.15, 0.2) is 0 Å². The van der Waals surface area contributed by atoms with E-state index in [0.717, 1.165) is 29.1 Å². The lowest BCUT2D eigenvalue weighted by Crippen LogP contribution is -2.54. The van der Waals surface area contributed by atoms with Crippen LogP contribution in [0.15, 0.2) is 12.1 Å². The number of alkyl halides is 1. The molecule has 4 amide bonds. The van der Waals surface area contributed by atoms with E-state index in [1.807, 2.05) is 11.9 Å². The van der Waals surface area contributed by atoms with Gasteiger partial charge in [-0.1, -0.05) is 0 Å². The first-order valence-corrected chi connectivity index (χ1v) is 10.7. The summed E-state index contributed by atoms with van der Waals surface area (Å²) in [5, 5.41) is 2.20. The number of nitrogens with zero attached hydrogens (tertiary/aromatic N) is 3. The van der Waals surface area contributed by atoms with Crippen molar-refractivity contribution in [2.24, 2.45) is 0 Å². The number of nitrogens with one attached hydrogen (secondary N) is 1. The maximum absolute atomic E-state index is 15.3. The number of halogens is 1. The largest absolute Gasteiger partial charge is 0.306 e. The fraction of sp³-hybridized carbons (Fsp3) is 0.545. The van der Waals surface area contributed by atoms with Crippen molar-refractivity contribution in [1.29, 1.82) is 0 Å². The second kappa shape index (κ2) is 7.20.